The molecule has 0 heterocycles. The second-order valence-electron chi connectivity index (χ2n) is 3.81. The van der Waals surface area contributed by atoms with Gasteiger partial charge in [-0.1, -0.05) is 23.3 Å². The topological polar surface area (TPSA) is 115 Å². The van der Waals surface area contributed by atoms with Crippen molar-refractivity contribution in [2.45, 2.75) is 4.90 Å². The minimum Gasteiger partial charge on any atom is -0.507 e. The van der Waals surface area contributed by atoms with Crippen LogP contribution in [0.1, 0.15) is 0 Å². The van der Waals surface area contributed by atoms with Gasteiger partial charge in [0.25, 0.3) is 10.0 Å². The van der Waals surface area contributed by atoms with E-state index in [4.69, 9.17) is 5.53 Å². The number of sulfonamides is 1. The molecule has 7 nitrogen and oxygen atoms in total. The summed E-state index contributed by atoms with van der Waals surface area (Å²) in [6, 6.07) is 11.7. The summed E-state index contributed by atoms with van der Waals surface area (Å²) in [4.78, 5) is 2.66. The molecule has 102 valence electrons. The van der Waals surface area contributed by atoms with Gasteiger partial charge in [0.2, 0.25) is 0 Å². The fourth-order valence-corrected chi connectivity index (χ4v) is 2.60. The first-order chi connectivity index (χ1) is 9.53. The number of phenols is 1. The van der Waals surface area contributed by atoms with Crippen LogP contribution in [0.4, 0.5) is 11.4 Å². The lowest BCUT2D eigenvalue weighted by atomic mass is 10.3. The van der Waals surface area contributed by atoms with Crippen molar-refractivity contribution in [2.75, 3.05) is 4.72 Å². The minimum absolute atomic E-state index is 0.0549. The summed E-state index contributed by atoms with van der Waals surface area (Å²) in [5.74, 6) is -0.231. The van der Waals surface area contributed by atoms with Gasteiger partial charge in [-0.05, 0) is 35.9 Å². The molecule has 8 heteroatoms. The Morgan fingerprint density at radius 3 is 2.50 bits per heavy atom. The molecule has 2 N–H and O–H groups in total. The Morgan fingerprint density at radius 2 is 1.85 bits per heavy atom. The van der Waals surface area contributed by atoms with E-state index in [1.165, 1.54) is 30.3 Å². The highest BCUT2D eigenvalue weighted by atomic mass is 32.2. The average Bonchev–Trinajstić information content (AvgIpc) is 2.43. The third-order valence-corrected chi connectivity index (χ3v) is 3.83. The fourth-order valence-electron chi connectivity index (χ4n) is 1.53. The van der Waals surface area contributed by atoms with Crippen LogP contribution in [0.3, 0.4) is 0 Å². The van der Waals surface area contributed by atoms with Crippen LogP contribution in [-0.2, 0) is 10.0 Å². The maximum atomic E-state index is 12.1. The van der Waals surface area contributed by atoms with Gasteiger partial charge in [-0.2, -0.15) is 0 Å². The second kappa shape index (κ2) is 5.52. The predicted octanol–water partition coefficient (Wildman–Crippen LogP) is 3.13. The summed E-state index contributed by atoms with van der Waals surface area (Å²) < 4.78 is 26.5. The van der Waals surface area contributed by atoms with Crippen LogP contribution in [0.5, 0.6) is 5.75 Å². The van der Waals surface area contributed by atoms with Crippen LogP contribution in [0.25, 0.3) is 10.4 Å². The van der Waals surface area contributed by atoms with Gasteiger partial charge in [-0.25, -0.2) is 8.42 Å². The molecule has 0 aliphatic heterocycles. The fraction of sp³-hybridized carbons (Fsp3) is 0. The largest absolute Gasteiger partial charge is 0.507 e. The van der Waals surface area contributed by atoms with Gasteiger partial charge in [-0.3, -0.25) is 4.72 Å². The van der Waals surface area contributed by atoms with E-state index in [1.807, 2.05) is 0 Å². The molecule has 0 saturated heterocycles. The van der Waals surface area contributed by atoms with E-state index in [2.05, 4.69) is 14.7 Å². The quantitative estimate of drug-likeness (QED) is 0.390. The van der Waals surface area contributed by atoms with Gasteiger partial charge in [0.15, 0.2) is 0 Å². The monoisotopic (exact) mass is 290 g/mol. The number of rotatable bonds is 4. The van der Waals surface area contributed by atoms with Gasteiger partial charge < -0.3 is 5.11 Å². The summed E-state index contributed by atoms with van der Waals surface area (Å²) in [6.45, 7) is 0. The summed E-state index contributed by atoms with van der Waals surface area (Å²) in [5, 5.41) is 12.7. The Balaban J connectivity index is 2.35. The van der Waals surface area contributed by atoms with Crippen molar-refractivity contribution in [2.24, 2.45) is 5.11 Å². The normalized spacial score (nSPS) is 10.6. The summed E-state index contributed by atoms with van der Waals surface area (Å²) in [5.41, 5.74) is 8.49. The molecule has 0 spiro atoms. The third-order valence-electron chi connectivity index (χ3n) is 2.43. The number of hydrogen-bond acceptors (Lipinski definition) is 4. The molecule has 0 aliphatic carbocycles. The SMILES string of the molecule is [N-]=[N+]=Nc1cc(NS(=O)(=O)c2ccccc2)ccc1O. The lowest BCUT2D eigenvalue weighted by Gasteiger charge is -2.09. The van der Waals surface area contributed by atoms with Crippen molar-refractivity contribution in [3.8, 4) is 5.75 Å². The lowest BCUT2D eigenvalue weighted by molar-refractivity contribution is 0.477. The van der Waals surface area contributed by atoms with Gasteiger partial charge in [-0.15, -0.1) is 0 Å². The number of benzene rings is 2. The van der Waals surface area contributed by atoms with Crippen LogP contribution in [0.2, 0.25) is 0 Å². The van der Waals surface area contributed by atoms with Crippen molar-refractivity contribution in [3.05, 3.63) is 59.0 Å². The molecule has 0 fully saturated rings. The minimum atomic E-state index is -3.72. The standard InChI is InChI=1S/C12H10N4O3S/c13-16-14-11-8-9(6-7-12(11)17)15-20(18,19)10-4-2-1-3-5-10/h1-8,15,17H. The Hall–Kier alpha value is -2.70. The summed E-state index contributed by atoms with van der Waals surface area (Å²) in [6.07, 6.45) is 0. The Morgan fingerprint density at radius 1 is 1.15 bits per heavy atom. The van der Waals surface area contributed by atoms with Crippen molar-refractivity contribution in [3.63, 3.8) is 0 Å². The molecule has 0 unspecified atom stereocenters. The van der Waals surface area contributed by atoms with E-state index in [9.17, 15) is 13.5 Å². The first-order valence-corrected chi connectivity index (χ1v) is 6.97. The Kier molecular flexibility index (Phi) is 3.79. The number of hydrogen-bond donors (Lipinski definition) is 2. The number of anilines is 1. The molecule has 0 radical (unpaired) electrons. The van der Waals surface area contributed by atoms with E-state index < -0.39 is 10.0 Å². The van der Waals surface area contributed by atoms with Crippen molar-refractivity contribution < 1.29 is 13.5 Å². The van der Waals surface area contributed by atoms with Crippen LogP contribution in [0.15, 0.2) is 58.5 Å². The molecule has 0 amide bonds. The van der Waals surface area contributed by atoms with Crippen LogP contribution in [-0.4, -0.2) is 13.5 Å². The van der Waals surface area contributed by atoms with Crippen molar-refractivity contribution in [1.82, 2.24) is 0 Å². The molecule has 2 aromatic carbocycles. The Bertz CT molecular complexity index is 769. The highest BCUT2D eigenvalue weighted by Gasteiger charge is 2.14. The third kappa shape index (κ3) is 3.00. The van der Waals surface area contributed by atoms with Crippen LogP contribution in [0, 0.1) is 0 Å². The molecule has 0 aromatic heterocycles. The zero-order valence-electron chi connectivity index (χ0n) is 10.1. The highest BCUT2D eigenvalue weighted by Crippen LogP contribution is 2.30. The molecule has 0 bridgehead atoms. The maximum absolute atomic E-state index is 12.1. The number of aromatic hydroxyl groups is 1. The van der Waals surface area contributed by atoms with E-state index >= 15 is 0 Å². The van der Waals surface area contributed by atoms with Gasteiger partial charge >= 0.3 is 0 Å². The molecule has 0 aliphatic rings. The van der Waals surface area contributed by atoms with Gasteiger partial charge in [0, 0.05) is 10.6 Å². The van der Waals surface area contributed by atoms with Gasteiger partial charge in [0.05, 0.1) is 10.6 Å². The average molecular weight is 290 g/mol. The Labute approximate surface area is 115 Å². The zero-order valence-corrected chi connectivity index (χ0v) is 10.9. The van der Waals surface area contributed by atoms with E-state index in [0.29, 0.717) is 0 Å². The van der Waals surface area contributed by atoms with Crippen LogP contribution < -0.4 is 4.72 Å². The van der Waals surface area contributed by atoms with E-state index in [-0.39, 0.29) is 22.0 Å². The molecule has 2 aromatic rings. The zero-order chi connectivity index (χ0) is 14.6. The molecular weight excluding hydrogens is 280 g/mol. The second-order valence-corrected chi connectivity index (χ2v) is 5.49. The van der Waals surface area contributed by atoms with Crippen molar-refractivity contribution in [1.29, 1.82) is 0 Å². The maximum Gasteiger partial charge on any atom is 0.261 e. The lowest BCUT2D eigenvalue weighted by Crippen LogP contribution is -2.12. The number of nitrogens with zero attached hydrogens (tertiary/aromatic N) is 3. The van der Waals surface area contributed by atoms with E-state index in [0.717, 1.165) is 0 Å². The molecule has 20 heavy (non-hydrogen) atoms. The van der Waals surface area contributed by atoms with Gasteiger partial charge in [0.1, 0.15) is 5.75 Å². The van der Waals surface area contributed by atoms with Crippen molar-refractivity contribution >= 4 is 21.4 Å². The molecule has 2 rings (SSSR count). The highest BCUT2D eigenvalue weighted by molar-refractivity contribution is 7.92. The van der Waals surface area contributed by atoms with Crippen LogP contribution >= 0.6 is 0 Å². The smallest absolute Gasteiger partial charge is 0.261 e. The molecule has 0 atom stereocenters. The predicted molar refractivity (Wildman–Crippen MR) is 74.2 cm³/mol. The first-order valence-electron chi connectivity index (χ1n) is 5.49. The number of nitrogens with one attached hydrogen (secondary N) is 1. The molecule has 0 saturated carbocycles. The van der Waals surface area contributed by atoms with E-state index in [1.54, 1.807) is 18.2 Å². The summed E-state index contributed by atoms with van der Waals surface area (Å²) >= 11 is 0. The summed E-state index contributed by atoms with van der Waals surface area (Å²) in [7, 11) is -3.72. The molecular formula is C12H10N4O3S. The first kappa shape index (κ1) is 13.7. The number of phenolic OH excluding ortho intramolecular Hbond substituents is 1. The number of azide groups is 1.